The van der Waals surface area contributed by atoms with Gasteiger partial charge in [-0.15, -0.1) is 0 Å². The molecule has 0 radical (unpaired) electrons. The fourth-order valence-electron chi connectivity index (χ4n) is 4.02. The molecule has 1 aliphatic rings. The summed E-state index contributed by atoms with van der Waals surface area (Å²) >= 11 is 0. The molecule has 0 amide bonds. The molecule has 12 heteroatoms. The van der Waals surface area contributed by atoms with Crippen molar-refractivity contribution in [3.63, 3.8) is 0 Å². The third kappa shape index (κ3) is 4.51. The second-order valence-electron chi connectivity index (χ2n) is 7.94. The van der Waals surface area contributed by atoms with Crippen molar-refractivity contribution in [3.05, 3.63) is 59.9 Å². The molecule has 0 saturated carbocycles. The lowest BCUT2D eigenvalue weighted by Gasteiger charge is -2.30. The zero-order valence-corrected chi connectivity index (χ0v) is 18.8. The van der Waals surface area contributed by atoms with Gasteiger partial charge in [-0.1, -0.05) is 12.1 Å². The minimum Gasteiger partial charge on any atom is -0.454 e. The number of hydrogen-bond donors (Lipinski definition) is 0. The quantitative estimate of drug-likeness (QED) is 0.371. The lowest BCUT2D eigenvalue weighted by Crippen LogP contribution is -2.41. The standard InChI is InChI=1S/C22H21F4N3O4S/c1-13(20-27-17-4-2-3-5-18(17)29(20)22(25)26)33-21(30)14-8-10-28(11-9-14)34(31,32)19-12-15(23)6-7-16(19)24/h2-7,12-14,22H,8-11H2,1H3. The smallest absolute Gasteiger partial charge is 0.320 e. The van der Waals surface area contributed by atoms with Crippen LogP contribution in [0.1, 0.15) is 38.2 Å². The summed E-state index contributed by atoms with van der Waals surface area (Å²) in [5.74, 6) is -3.42. The Labute approximate surface area is 193 Å². The summed E-state index contributed by atoms with van der Waals surface area (Å²) in [5, 5.41) is 0. The second-order valence-corrected chi connectivity index (χ2v) is 9.84. The lowest BCUT2D eigenvalue weighted by atomic mass is 9.98. The molecule has 1 unspecified atom stereocenters. The van der Waals surface area contributed by atoms with Gasteiger partial charge in [0.2, 0.25) is 10.0 Å². The topological polar surface area (TPSA) is 81.5 Å². The van der Waals surface area contributed by atoms with Crippen LogP contribution < -0.4 is 0 Å². The molecular formula is C22H21F4N3O4S. The van der Waals surface area contributed by atoms with E-state index in [0.717, 1.165) is 16.4 Å². The first-order chi connectivity index (χ1) is 16.1. The number of rotatable bonds is 6. The number of fused-ring (bicyclic) bond motifs is 1. The van der Waals surface area contributed by atoms with E-state index in [1.807, 2.05) is 0 Å². The normalized spacial score (nSPS) is 16.8. The van der Waals surface area contributed by atoms with Crippen molar-refractivity contribution in [1.82, 2.24) is 13.9 Å². The Morgan fingerprint density at radius 2 is 1.79 bits per heavy atom. The van der Waals surface area contributed by atoms with Gasteiger partial charge >= 0.3 is 12.5 Å². The van der Waals surface area contributed by atoms with Crippen molar-refractivity contribution in [2.45, 2.75) is 37.3 Å². The minimum absolute atomic E-state index is 0.0764. The average molecular weight is 499 g/mol. The molecule has 182 valence electrons. The fourth-order valence-corrected chi connectivity index (χ4v) is 5.57. The number of aromatic nitrogens is 2. The Bertz CT molecular complexity index is 1320. The number of piperidine rings is 1. The number of hydrogen-bond acceptors (Lipinski definition) is 5. The first-order valence-electron chi connectivity index (χ1n) is 10.5. The van der Waals surface area contributed by atoms with Crippen molar-refractivity contribution >= 4 is 27.0 Å². The van der Waals surface area contributed by atoms with Crippen LogP contribution in [0.3, 0.4) is 0 Å². The van der Waals surface area contributed by atoms with Gasteiger partial charge in [-0.25, -0.2) is 22.2 Å². The molecule has 1 aromatic heterocycles. The van der Waals surface area contributed by atoms with Crippen LogP contribution in [0, 0.1) is 17.6 Å². The van der Waals surface area contributed by atoms with E-state index in [9.17, 15) is 30.8 Å². The number of ether oxygens (including phenoxy) is 1. The number of benzene rings is 2. The first-order valence-corrected chi connectivity index (χ1v) is 11.9. The van der Waals surface area contributed by atoms with Gasteiger partial charge < -0.3 is 4.74 Å². The van der Waals surface area contributed by atoms with Crippen LogP contribution in [0.4, 0.5) is 17.6 Å². The Hall–Kier alpha value is -2.99. The molecule has 2 heterocycles. The SMILES string of the molecule is CC(OC(=O)C1CCN(S(=O)(=O)c2cc(F)ccc2F)CC1)c1nc2ccccc2n1C(F)F. The van der Waals surface area contributed by atoms with Gasteiger partial charge in [0.05, 0.1) is 17.0 Å². The summed E-state index contributed by atoms with van der Waals surface area (Å²) < 4.78 is 87.3. The van der Waals surface area contributed by atoms with E-state index in [1.54, 1.807) is 18.2 Å². The van der Waals surface area contributed by atoms with Crippen molar-refractivity contribution in [2.24, 2.45) is 5.92 Å². The minimum atomic E-state index is -4.29. The zero-order valence-electron chi connectivity index (χ0n) is 18.0. The highest BCUT2D eigenvalue weighted by atomic mass is 32.2. The Morgan fingerprint density at radius 3 is 2.47 bits per heavy atom. The highest BCUT2D eigenvalue weighted by molar-refractivity contribution is 7.89. The molecule has 0 spiro atoms. The second kappa shape index (κ2) is 9.34. The molecule has 0 N–H and O–H groups in total. The van der Waals surface area contributed by atoms with Gasteiger partial charge in [0.25, 0.3) is 0 Å². The third-order valence-corrected chi connectivity index (χ3v) is 7.69. The molecule has 1 aliphatic heterocycles. The number of esters is 1. The maximum Gasteiger partial charge on any atom is 0.320 e. The molecule has 1 fully saturated rings. The van der Waals surface area contributed by atoms with E-state index in [-0.39, 0.29) is 37.3 Å². The summed E-state index contributed by atoms with van der Waals surface area (Å²) in [6.07, 6.45) is -0.919. The average Bonchev–Trinajstić information content (AvgIpc) is 3.21. The number of carbonyl (C=O) groups is 1. The number of halogens is 4. The lowest BCUT2D eigenvalue weighted by molar-refractivity contribution is -0.155. The molecule has 2 aromatic carbocycles. The monoisotopic (exact) mass is 499 g/mol. The Kier molecular flexibility index (Phi) is 6.63. The highest BCUT2D eigenvalue weighted by Gasteiger charge is 2.35. The Balaban J connectivity index is 1.44. The Morgan fingerprint density at radius 1 is 1.12 bits per heavy atom. The molecule has 1 atom stereocenters. The van der Waals surface area contributed by atoms with E-state index in [1.165, 1.54) is 13.0 Å². The van der Waals surface area contributed by atoms with Gasteiger partial charge in [0, 0.05) is 13.1 Å². The zero-order chi connectivity index (χ0) is 24.6. The maximum absolute atomic E-state index is 14.0. The summed E-state index contributed by atoms with van der Waals surface area (Å²) in [6, 6.07) is 8.49. The van der Waals surface area contributed by atoms with Crippen molar-refractivity contribution < 1.29 is 35.5 Å². The van der Waals surface area contributed by atoms with Crippen molar-refractivity contribution in [1.29, 1.82) is 0 Å². The molecule has 34 heavy (non-hydrogen) atoms. The first kappa shape index (κ1) is 24.1. The van der Waals surface area contributed by atoms with E-state index < -0.39 is 51.1 Å². The van der Waals surface area contributed by atoms with Crippen molar-refractivity contribution in [3.8, 4) is 0 Å². The van der Waals surface area contributed by atoms with Crippen molar-refractivity contribution in [2.75, 3.05) is 13.1 Å². The van der Waals surface area contributed by atoms with Crippen LogP contribution in [-0.4, -0.2) is 41.3 Å². The maximum atomic E-state index is 14.0. The summed E-state index contributed by atoms with van der Waals surface area (Å²) in [5.41, 5.74) is 0.544. The summed E-state index contributed by atoms with van der Waals surface area (Å²) in [4.78, 5) is 16.1. The molecule has 7 nitrogen and oxygen atoms in total. The number of nitrogens with zero attached hydrogens (tertiary/aromatic N) is 3. The summed E-state index contributed by atoms with van der Waals surface area (Å²) in [6.45, 7) is -1.67. The van der Waals surface area contributed by atoms with E-state index in [4.69, 9.17) is 4.74 Å². The molecule has 0 aliphatic carbocycles. The van der Waals surface area contributed by atoms with Crippen LogP contribution >= 0.6 is 0 Å². The molecular weight excluding hydrogens is 478 g/mol. The fraction of sp³-hybridized carbons (Fsp3) is 0.364. The third-order valence-electron chi connectivity index (χ3n) is 5.77. The predicted octanol–water partition coefficient (Wildman–Crippen LogP) is 4.41. The van der Waals surface area contributed by atoms with Gasteiger partial charge in [0.15, 0.2) is 11.9 Å². The molecule has 4 rings (SSSR count). The largest absolute Gasteiger partial charge is 0.454 e. The summed E-state index contributed by atoms with van der Waals surface area (Å²) in [7, 11) is -4.29. The number of sulfonamides is 1. The van der Waals surface area contributed by atoms with E-state index in [2.05, 4.69) is 4.98 Å². The number of imidazole rings is 1. The van der Waals surface area contributed by atoms with Crippen LogP contribution in [0.25, 0.3) is 11.0 Å². The van der Waals surface area contributed by atoms with Crippen LogP contribution in [0.2, 0.25) is 0 Å². The van der Waals surface area contributed by atoms with Crippen LogP contribution in [0.5, 0.6) is 0 Å². The van der Waals surface area contributed by atoms with Gasteiger partial charge in [-0.05, 0) is 50.1 Å². The van der Waals surface area contributed by atoms with Crippen LogP contribution in [0.15, 0.2) is 47.4 Å². The molecule has 3 aromatic rings. The van der Waals surface area contributed by atoms with Gasteiger partial charge in [-0.2, -0.15) is 13.1 Å². The number of para-hydroxylation sites is 2. The van der Waals surface area contributed by atoms with Gasteiger partial charge in [0.1, 0.15) is 16.5 Å². The predicted molar refractivity (Wildman–Crippen MR) is 113 cm³/mol. The highest BCUT2D eigenvalue weighted by Crippen LogP contribution is 2.31. The number of alkyl halides is 2. The number of carbonyl (C=O) groups excluding carboxylic acids is 1. The van der Waals surface area contributed by atoms with E-state index >= 15 is 0 Å². The molecule has 0 bridgehead atoms. The van der Waals surface area contributed by atoms with E-state index in [0.29, 0.717) is 16.2 Å². The molecule has 1 saturated heterocycles. The van der Waals surface area contributed by atoms with Crippen LogP contribution in [-0.2, 0) is 19.6 Å². The van der Waals surface area contributed by atoms with Gasteiger partial charge in [-0.3, -0.25) is 9.36 Å².